The van der Waals surface area contributed by atoms with Crippen molar-refractivity contribution in [3.8, 4) is 0 Å². The van der Waals surface area contributed by atoms with Gasteiger partial charge in [-0.2, -0.15) is 0 Å². The normalized spacial score (nSPS) is 18.3. The second kappa shape index (κ2) is 4.34. The fraction of sp³-hybridized carbons (Fsp3) is 0.417. The predicted octanol–water partition coefficient (Wildman–Crippen LogP) is 3.80. The van der Waals surface area contributed by atoms with Crippen molar-refractivity contribution >= 4 is 17.8 Å². The van der Waals surface area contributed by atoms with E-state index >= 15 is 0 Å². The lowest BCUT2D eigenvalue weighted by Crippen LogP contribution is -2.28. The molecule has 0 saturated heterocycles. The standard InChI is InChI=1S/C12H13ClO3/c13-10-5-3-9(4-6-10)12(16-11(14)15)7-1-2-8-12/h3-6H,1-2,7-8H2,(H,14,15). The van der Waals surface area contributed by atoms with E-state index in [2.05, 4.69) is 0 Å². The molecule has 0 spiro atoms. The first-order valence-electron chi connectivity index (χ1n) is 5.30. The largest absolute Gasteiger partial charge is 0.506 e. The van der Waals surface area contributed by atoms with E-state index < -0.39 is 11.8 Å². The molecule has 86 valence electrons. The maximum Gasteiger partial charge on any atom is 0.506 e. The summed E-state index contributed by atoms with van der Waals surface area (Å²) in [6.07, 6.45) is 2.28. The molecule has 0 atom stereocenters. The van der Waals surface area contributed by atoms with Crippen LogP contribution in [0.3, 0.4) is 0 Å². The average Bonchev–Trinajstić information content (AvgIpc) is 2.67. The summed E-state index contributed by atoms with van der Waals surface area (Å²) in [4.78, 5) is 10.8. The van der Waals surface area contributed by atoms with Gasteiger partial charge in [0.1, 0.15) is 5.60 Å². The van der Waals surface area contributed by atoms with Crippen molar-refractivity contribution in [3.05, 3.63) is 34.9 Å². The molecule has 3 nitrogen and oxygen atoms in total. The molecule has 0 unspecified atom stereocenters. The first-order valence-corrected chi connectivity index (χ1v) is 5.68. The molecule has 1 aliphatic carbocycles. The fourth-order valence-corrected chi connectivity index (χ4v) is 2.44. The van der Waals surface area contributed by atoms with Gasteiger partial charge in [-0.1, -0.05) is 23.7 Å². The van der Waals surface area contributed by atoms with Gasteiger partial charge < -0.3 is 9.84 Å². The zero-order chi connectivity index (χ0) is 11.6. The van der Waals surface area contributed by atoms with Crippen LogP contribution in [0.25, 0.3) is 0 Å². The first-order chi connectivity index (χ1) is 7.62. The lowest BCUT2D eigenvalue weighted by atomic mass is 9.92. The maximum atomic E-state index is 10.8. The third-order valence-electron chi connectivity index (χ3n) is 3.06. The molecule has 4 heteroatoms. The Balaban J connectivity index is 2.31. The van der Waals surface area contributed by atoms with Crippen molar-refractivity contribution in [1.82, 2.24) is 0 Å². The molecule has 1 aliphatic rings. The molecule has 1 saturated carbocycles. The predicted molar refractivity (Wildman–Crippen MR) is 60.7 cm³/mol. The van der Waals surface area contributed by atoms with Gasteiger partial charge in [0.25, 0.3) is 0 Å². The molecule has 1 aromatic rings. The third kappa shape index (κ3) is 2.14. The number of carbonyl (C=O) groups is 1. The Morgan fingerprint density at radius 3 is 2.31 bits per heavy atom. The van der Waals surface area contributed by atoms with Crippen LogP contribution in [0.1, 0.15) is 31.2 Å². The number of rotatable bonds is 2. The Bertz CT molecular complexity index is 380. The zero-order valence-electron chi connectivity index (χ0n) is 8.78. The molecule has 0 heterocycles. The highest BCUT2D eigenvalue weighted by Gasteiger charge is 2.39. The Hall–Kier alpha value is -1.22. The number of benzene rings is 1. The van der Waals surface area contributed by atoms with Gasteiger partial charge in [-0.15, -0.1) is 0 Å². The van der Waals surface area contributed by atoms with Crippen molar-refractivity contribution in [3.63, 3.8) is 0 Å². The van der Waals surface area contributed by atoms with Gasteiger partial charge in [-0.05, 0) is 43.4 Å². The van der Waals surface area contributed by atoms with Crippen LogP contribution in [-0.4, -0.2) is 11.3 Å². The third-order valence-corrected chi connectivity index (χ3v) is 3.32. The Morgan fingerprint density at radius 1 is 1.25 bits per heavy atom. The molecular formula is C12H13ClO3. The van der Waals surface area contributed by atoms with E-state index in [4.69, 9.17) is 21.4 Å². The van der Waals surface area contributed by atoms with Crippen LogP contribution < -0.4 is 0 Å². The van der Waals surface area contributed by atoms with E-state index in [0.29, 0.717) is 5.02 Å². The van der Waals surface area contributed by atoms with Crippen molar-refractivity contribution in [2.45, 2.75) is 31.3 Å². The van der Waals surface area contributed by atoms with E-state index in [0.717, 1.165) is 31.2 Å². The second-order valence-electron chi connectivity index (χ2n) is 4.08. The quantitative estimate of drug-likeness (QED) is 0.800. The minimum absolute atomic E-state index is 0.646. The Morgan fingerprint density at radius 2 is 1.81 bits per heavy atom. The van der Waals surface area contributed by atoms with Crippen molar-refractivity contribution in [2.75, 3.05) is 0 Å². The van der Waals surface area contributed by atoms with E-state index in [-0.39, 0.29) is 0 Å². The zero-order valence-corrected chi connectivity index (χ0v) is 9.54. The summed E-state index contributed by atoms with van der Waals surface area (Å²) in [7, 11) is 0. The average molecular weight is 241 g/mol. The van der Waals surface area contributed by atoms with Crippen molar-refractivity contribution < 1.29 is 14.6 Å². The minimum atomic E-state index is -1.21. The van der Waals surface area contributed by atoms with Crippen LogP contribution in [0.15, 0.2) is 24.3 Å². The lowest BCUT2D eigenvalue weighted by Gasteiger charge is -2.27. The summed E-state index contributed by atoms with van der Waals surface area (Å²) in [6, 6.07) is 7.22. The van der Waals surface area contributed by atoms with E-state index in [9.17, 15) is 4.79 Å². The van der Waals surface area contributed by atoms with Gasteiger partial charge in [0.15, 0.2) is 0 Å². The summed E-state index contributed by atoms with van der Waals surface area (Å²) < 4.78 is 5.10. The number of ether oxygens (including phenoxy) is 1. The summed E-state index contributed by atoms with van der Waals surface area (Å²) >= 11 is 5.81. The second-order valence-corrected chi connectivity index (χ2v) is 4.51. The summed E-state index contributed by atoms with van der Waals surface area (Å²) in [5.74, 6) is 0. The van der Waals surface area contributed by atoms with Gasteiger partial charge in [0.2, 0.25) is 0 Å². The monoisotopic (exact) mass is 240 g/mol. The van der Waals surface area contributed by atoms with Crippen LogP contribution in [0.5, 0.6) is 0 Å². The Labute approximate surface area is 99.0 Å². The molecule has 1 N–H and O–H groups in total. The van der Waals surface area contributed by atoms with Crippen LogP contribution in [0.4, 0.5) is 4.79 Å². The fourth-order valence-electron chi connectivity index (χ4n) is 2.32. The molecule has 0 aromatic heterocycles. The molecule has 2 rings (SSSR count). The van der Waals surface area contributed by atoms with Gasteiger partial charge in [-0.3, -0.25) is 0 Å². The van der Waals surface area contributed by atoms with E-state index in [1.165, 1.54) is 0 Å². The lowest BCUT2D eigenvalue weighted by molar-refractivity contribution is -0.0187. The number of halogens is 1. The molecular weight excluding hydrogens is 228 g/mol. The summed E-state index contributed by atoms with van der Waals surface area (Å²) in [5, 5.41) is 9.45. The van der Waals surface area contributed by atoms with Gasteiger partial charge in [0, 0.05) is 5.02 Å². The Kier molecular flexibility index (Phi) is 3.06. The molecule has 0 amide bonds. The van der Waals surface area contributed by atoms with Gasteiger partial charge in [-0.25, -0.2) is 4.79 Å². The highest BCUT2D eigenvalue weighted by atomic mass is 35.5. The van der Waals surface area contributed by atoms with Crippen LogP contribution in [0, 0.1) is 0 Å². The van der Waals surface area contributed by atoms with Gasteiger partial charge >= 0.3 is 6.16 Å². The number of hydrogen-bond acceptors (Lipinski definition) is 2. The number of carboxylic acid groups (broad SMARTS) is 1. The SMILES string of the molecule is O=C(O)OC1(c2ccc(Cl)cc2)CCCC1. The maximum absolute atomic E-state index is 10.8. The topological polar surface area (TPSA) is 46.5 Å². The molecule has 1 aromatic carbocycles. The smallest absolute Gasteiger partial charge is 0.450 e. The van der Waals surface area contributed by atoms with Crippen LogP contribution >= 0.6 is 11.6 Å². The van der Waals surface area contributed by atoms with Crippen molar-refractivity contribution in [2.24, 2.45) is 0 Å². The number of hydrogen-bond donors (Lipinski definition) is 1. The van der Waals surface area contributed by atoms with E-state index in [1.54, 1.807) is 12.1 Å². The molecule has 1 fully saturated rings. The van der Waals surface area contributed by atoms with Gasteiger partial charge in [0.05, 0.1) is 0 Å². The summed E-state index contributed by atoms with van der Waals surface area (Å²) in [6.45, 7) is 0. The molecule has 16 heavy (non-hydrogen) atoms. The van der Waals surface area contributed by atoms with E-state index in [1.807, 2.05) is 12.1 Å². The first kappa shape index (κ1) is 11.3. The highest BCUT2D eigenvalue weighted by Crippen LogP contribution is 2.42. The molecule has 0 radical (unpaired) electrons. The van der Waals surface area contributed by atoms with Crippen molar-refractivity contribution in [1.29, 1.82) is 0 Å². The van der Waals surface area contributed by atoms with Crippen LogP contribution in [0.2, 0.25) is 5.02 Å². The molecule has 0 bridgehead atoms. The van der Waals surface area contributed by atoms with Crippen LogP contribution in [-0.2, 0) is 10.3 Å². The minimum Gasteiger partial charge on any atom is -0.450 e. The summed E-state index contributed by atoms with van der Waals surface area (Å²) in [5.41, 5.74) is 0.243. The molecule has 0 aliphatic heterocycles. The highest BCUT2D eigenvalue weighted by molar-refractivity contribution is 6.30.